The van der Waals surface area contributed by atoms with E-state index in [1.54, 1.807) is 14.2 Å². The third kappa shape index (κ3) is 6.69. The first-order valence-corrected chi connectivity index (χ1v) is 21.0. The molecule has 7 aromatic carbocycles. The van der Waals surface area contributed by atoms with E-state index >= 15 is 0 Å². The van der Waals surface area contributed by atoms with E-state index in [0.717, 1.165) is 116 Å². The van der Waals surface area contributed by atoms with E-state index in [9.17, 15) is 0 Å². The Morgan fingerprint density at radius 2 is 0.651 bits per heavy atom. The average Bonchev–Trinajstić information content (AvgIpc) is 3.35. The first-order chi connectivity index (χ1) is 31.0. The molecule has 6 heteroatoms. The zero-order chi connectivity index (χ0) is 42.4. The molecule has 0 atom stereocenters. The van der Waals surface area contributed by atoms with Gasteiger partial charge in [0.15, 0.2) is 0 Å². The van der Waals surface area contributed by atoms with Crippen LogP contribution < -0.4 is 9.47 Å². The lowest BCUT2D eigenvalue weighted by Crippen LogP contribution is -1.97. The molecule has 0 spiro atoms. The Bertz CT molecular complexity index is 3520. The summed E-state index contributed by atoms with van der Waals surface area (Å²) in [5.41, 5.74) is 16.6. The predicted octanol–water partition coefficient (Wildman–Crippen LogP) is 14.2. The molecule has 4 aromatic heterocycles. The van der Waals surface area contributed by atoms with Crippen molar-refractivity contribution in [3.63, 3.8) is 0 Å². The lowest BCUT2D eigenvalue weighted by atomic mass is 9.93. The molecular weight excluding hydrogens is 773 g/mol. The molecule has 0 saturated heterocycles. The molecule has 0 amide bonds. The lowest BCUT2D eigenvalue weighted by Gasteiger charge is -2.16. The molecule has 11 aromatic rings. The van der Waals surface area contributed by atoms with Crippen molar-refractivity contribution in [2.45, 2.75) is 6.92 Å². The van der Waals surface area contributed by atoms with E-state index in [0.29, 0.717) is 11.8 Å². The highest BCUT2D eigenvalue weighted by molar-refractivity contribution is 6.14. The van der Waals surface area contributed by atoms with Crippen molar-refractivity contribution < 1.29 is 9.47 Å². The Morgan fingerprint density at radius 1 is 0.302 bits per heavy atom. The fourth-order valence-electron chi connectivity index (χ4n) is 8.93. The van der Waals surface area contributed by atoms with Crippen LogP contribution in [0.15, 0.2) is 188 Å². The van der Waals surface area contributed by atoms with Crippen LogP contribution in [0.1, 0.15) is 5.56 Å². The van der Waals surface area contributed by atoms with Crippen LogP contribution in [0.25, 0.3) is 111 Å². The van der Waals surface area contributed by atoms with E-state index in [1.165, 1.54) is 0 Å². The first kappa shape index (κ1) is 37.8. The van der Waals surface area contributed by atoms with Crippen molar-refractivity contribution in [3.8, 4) is 78.8 Å². The van der Waals surface area contributed by atoms with Gasteiger partial charge < -0.3 is 9.47 Å². The van der Waals surface area contributed by atoms with Crippen LogP contribution in [0.5, 0.6) is 11.8 Å². The SMILES string of the molecule is COc1cc(-c2ccccc2)c2ccc3c(-c4ccccc4)cc(-c4ccc(-c5cc(-c6ccccc6)c6ccc7c(-c8ccccc8)cc(OC)nc7c6n5)c(C)c4)nc3c2n1. The number of hydrogen-bond acceptors (Lipinski definition) is 6. The monoisotopic (exact) mass is 812 g/mol. The molecule has 0 fully saturated rings. The Hall–Kier alpha value is -8.22. The fraction of sp³-hybridized carbons (Fsp3) is 0.0526. The number of methoxy groups -OCH3 is 2. The third-order valence-corrected chi connectivity index (χ3v) is 12.0. The molecule has 0 unspecified atom stereocenters. The highest BCUT2D eigenvalue weighted by Gasteiger charge is 2.20. The van der Waals surface area contributed by atoms with Gasteiger partial charge in [0.1, 0.15) is 11.0 Å². The minimum Gasteiger partial charge on any atom is -0.481 e. The molecule has 0 saturated carbocycles. The van der Waals surface area contributed by atoms with Gasteiger partial charge in [0.2, 0.25) is 11.8 Å². The van der Waals surface area contributed by atoms with E-state index in [4.69, 9.17) is 29.4 Å². The van der Waals surface area contributed by atoms with E-state index in [-0.39, 0.29) is 0 Å². The van der Waals surface area contributed by atoms with E-state index < -0.39 is 0 Å². The molecule has 11 rings (SSSR count). The van der Waals surface area contributed by atoms with Gasteiger partial charge in [-0.3, -0.25) is 0 Å². The number of nitrogens with zero attached hydrogens (tertiary/aromatic N) is 4. The van der Waals surface area contributed by atoms with Crippen LogP contribution in [0.2, 0.25) is 0 Å². The maximum absolute atomic E-state index is 5.81. The summed E-state index contributed by atoms with van der Waals surface area (Å²) in [4.78, 5) is 21.0. The number of hydrogen-bond donors (Lipinski definition) is 0. The second-order valence-corrected chi connectivity index (χ2v) is 15.7. The Balaban J connectivity index is 1.12. The summed E-state index contributed by atoms with van der Waals surface area (Å²) in [6, 6.07) is 65.4. The number of pyridine rings is 4. The number of fused-ring (bicyclic) bond motifs is 6. The lowest BCUT2D eigenvalue weighted by molar-refractivity contribution is 0.399. The maximum Gasteiger partial charge on any atom is 0.214 e. The molecule has 63 heavy (non-hydrogen) atoms. The first-order valence-electron chi connectivity index (χ1n) is 21.0. The standard InChI is InChI=1S/C57H40N4O2/c1-35-30-40(50-31-46(36-16-8-4-9-17-36)42-26-28-44-48(38-20-12-6-13-21-38)33-52(62-2)60-56(44)54(42)58-50)24-25-41(35)51-32-47(37-18-10-5-11-19-37)43-27-29-45-49(39-22-14-7-15-23-39)34-53(63-3)61-57(45)55(43)59-51/h4-34H,1-3H3. The average molecular weight is 813 g/mol. The minimum absolute atomic E-state index is 0.540. The van der Waals surface area contributed by atoms with Crippen molar-refractivity contribution in [1.29, 1.82) is 0 Å². The number of ether oxygens (including phenoxy) is 2. The number of benzene rings is 7. The zero-order valence-corrected chi connectivity index (χ0v) is 35.0. The maximum atomic E-state index is 5.81. The van der Waals surface area contributed by atoms with Crippen LogP contribution in [0.4, 0.5) is 0 Å². The van der Waals surface area contributed by atoms with Crippen molar-refractivity contribution >= 4 is 43.6 Å². The molecular formula is C57H40N4O2. The summed E-state index contributed by atoms with van der Waals surface area (Å²) < 4.78 is 11.6. The second kappa shape index (κ2) is 15.7. The Kier molecular flexibility index (Phi) is 9.39. The van der Waals surface area contributed by atoms with Crippen LogP contribution in [0.3, 0.4) is 0 Å². The number of aryl methyl sites for hydroxylation is 1. The van der Waals surface area contributed by atoms with E-state index in [2.05, 4.69) is 159 Å². The minimum atomic E-state index is 0.540. The molecule has 0 bridgehead atoms. The summed E-state index contributed by atoms with van der Waals surface area (Å²) in [5.74, 6) is 1.08. The van der Waals surface area contributed by atoms with Gasteiger partial charge in [0, 0.05) is 44.8 Å². The Labute approximate surface area is 365 Å². The molecule has 0 radical (unpaired) electrons. The quantitative estimate of drug-likeness (QED) is 0.142. The molecule has 300 valence electrons. The van der Waals surface area contributed by atoms with Crippen molar-refractivity contribution in [2.24, 2.45) is 0 Å². The predicted molar refractivity (Wildman–Crippen MR) is 258 cm³/mol. The molecule has 6 nitrogen and oxygen atoms in total. The zero-order valence-electron chi connectivity index (χ0n) is 35.0. The third-order valence-electron chi connectivity index (χ3n) is 12.0. The van der Waals surface area contributed by atoms with Crippen molar-refractivity contribution in [3.05, 3.63) is 194 Å². The molecule has 0 aliphatic heterocycles. The Morgan fingerprint density at radius 3 is 1.03 bits per heavy atom. The molecule has 0 N–H and O–H groups in total. The summed E-state index contributed by atoms with van der Waals surface area (Å²) in [5, 5.41) is 4.06. The van der Waals surface area contributed by atoms with Crippen molar-refractivity contribution in [2.75, 3.05) is 14.2 Å². The van der Waals surface area contributed by atoms with E-state index in [1.807, 2.05) is 36.4 Å². The topological polar surface area (TPSA) is 70.0 Å². The van der Waals surface area contributed by atoms with Gasteiger partial charge >= 0.3 is 0 Å². The highest BCUT2D eigenvalue weighted by Crippen LogP contribution is 2.42. The van der Waals surface area contributed by atoms with Crippen molar-refractivity contribution in [1.82, 2.24) is 19.9 Å². The summed E-state index contributed by atoms with van der Waals surface area (Å²) in [7, 11) is 3.33. The van der Waals surface area contributed by atoms with Gasteiger partial charge in [0.05, 0.1) is 36.6 Å². The highest BCUT2D eigenvalue weighted by atomic mass is 16.5. The van der Waals surface area contributed by atoms with Gasteiger partial charge in [-0.15, -0.1) is 0 Å². The fourth-order valence-corrected chi connectivity index (χ4v) is 8.93. The molecule has 4 heterocycles. The van der Waals surface area contributed by atoms with Gasteiger partial charge in [-0.1, -0.05) is 158 Å². The smallest absolute Gasteiger partial charge is 0.214 e. The van der Waals surface area contributed by atoms with Gasteiger partial charge in [-0.2, -0.15) is 0 Å². The van der Waals surface area contributed by atoms with Crippen LogP contribution in [0, 0.1) is 6.92 Å². The van der Waals surface area contributed by atoms with Gasteiger partial charge in [-0.05, 0) is 75.2 Å². The molecule has 0 aliphatic rings. The summed E-state index contributed by atoms with van der Waals surface area (Å²) in [6.45, 7) is 2.15. The summed E-state index contributed by atoms with van der Waals surface area (Å²) in [6.07, 6.45) is 0. The molecule has 0 aliphatic carbocycles. The summed E-state index contributed by atoms with van der Waals surface area (Å²) >= 11 is 0. The number of rotatable bonds is 8. The van der Waals surface area contributed by atoms with Gasteiger partial charge in [-0.25, -0.2) is 19.9 Å². The van der Waals surface area contributed by atoms with Crippen LogP contribution >= 0.6 is 0 Å². The largest absolute Gasteiger partial charge is 0.481 e. The van der Waals surface area contributed by atoms with Crippen LogP contribution in [-0.2, 0) is 0 Å². The van der Waals surface area contributed by atoms with Gasteiger partial charge in [0.25, 0.3) is 0 Å². The normalized spacial score (nSPS) is 11.4. The number of aromatic nitrogens is 4. The second-order valence-electron chi connectivity index (χ2n) is 15.7. The van der Waals surface area contributed by atoms with Crippen LogP contribution in [-0.4, -0.2) is 34.2 Å².